The van der Waals surface area contributed by atoms with Crippen molar-refractivity contribution in [2.75, 3.05) is 6.54 Å². The van der Waals surface area contributed by atoms with Crippen LogP contribution in [0.5, 0.6) is 0 Å². The fraction of sp³-hybridized carbons (Fsp3) is 0.700. The zero-order chi connectivity index (χ0) is 9.10. The second-order valence-electron chi connectivity index (χ2n) is 3.58. The minimum absolute atomic E-state index is 0.729. The normalized spacial score (nSPS) is 16.7. The average Bonchev–Trinajstić information content (AvgIpc) is 2.37. The van der Waals surface area contributed by atoms with Gasteiger partial charge in [-0.2, -0.15) is 0 Å². The number of nitrogens with zero attached hydrogens (tertiary/aromatic N) is 1. The number of fused-ring (bicyclic) bond motifs is 1. The van der Waals surface area contributed by atoms with Gasteiger partial charge in [-0.25, -0.2) is 4.98 Å². The lowest BCUT2D eigenvalue weighted by Crippen LogP contribution is -2.02. The first-order valence-electron chi connectivity index (χ1n) is 5.07. The lowest BCUT2D eigenvalue weighted by Gasteiger charge is -1.91. The van der Waals surface area contributed by atoms with Gasteiger partial charge >= 0.3 is 0 Å². The molecule has 1 aromatic heterocycles. The third-order valence-corrected chi connectivity index (χ3v) is 3.72. The molecule has 2 N–H and O–H groups in total. The molecule has 1 heterocycles. The smallest absolute Gasteiger partial charge is 0.0943 e. The first kappa shape index (κ1) is 9.16. The number of hydrogen-bond acceptors (Lipinski definition) is 3. The highest BCUT2D eigenvalue weighted by Crippen LogP contribution is 2.25. The van der Waals surface area contributed by atoms with Crippen LogP contribution in [0.1, 0.15) is 34.8 Å². The molecule has 2 rings (SSSR count). The van der Waals surface area contributed by atoms with E-state index in [1.807, 2.05) is 11.3 Å². The van der Waals surface area contributed by atoms with Gasteiger partial charge in [0.1, 0.15) is 0 Å². The lowest BCUT2D eigenvalue weighted by molar-refractivity contribution is 0.708. The fourth-order valence-electron chi connectivity index (χ4n) is 1.81. The fourth-order valence-corrected chi connectivity index (χ4v) is 2.98. The molecule has 72 valence electrons. The first-order chi connectivity index (χ1) is 6.40. The van der Waals surface area contributed by atoms with E-state index in [4.69, 9.17) is 5.73 Å². The molecule has 0 unspecified atom stereocenters. The van der Waals surface area contributed by atoms with Crippen LogP contribution in [-0.4, -0.2) is 11.5 Å². The van der Waals surface area contributed by atoms with Gasteiger partial charge in [0.2, 0.25) is 0 Å². The van der Waals surface area contributed by atoms with E-state index in [1.54, 1.807) is 0 Å². The van der Waals surface area contributed by atoms with Crippen LogP contribution in [-0.2, 0) is 19.3 Å². The van der Waals surface area contributed by atoms with Crippen molar-refractivity contribution in [1.82, 2.24) is 4.98 Å². The lowest BCUT2D eigenvalue weighted by atomic mass is 10.2. The van der Waals surface area contributed by atoms with Gasteiger partial charge in [-0.1, -0.05) is 6.42 Å². The predicted molar refractivity (Wildman–Crippen MR) is 56.1 cm³/mol. The number of aryl methyl sites for hydroxylation is 2. The Kier molecular flexibility index (Phi) is 2.96. The van der Waals surface area contributed by atoms with Gasteiger partial charge in [-0.05, 0) is 32.2 Å². The van der Waals surface area contributed by atoms with E-state index in [-0.39, 0.29) is 0 Å². The molecule has 0 saturated heterocycles. The molecule has 0 aromatic carbocycles. The second-order valence-corrected chi connectivity index (χ2v) is 4.74. The maximum Gasteiger partial charge on any atom is 0.0943 e. The summed E-state index contributed by atoms with van der Waals surface area (Å²) in [5.41, 5.74) is 6.88. The largest absolute Gasteiger partial charge is 0.330 e. The van der Waals surface area contributed by atoms with Crippen LogP contribution in [0.2, 0.25) is 0 Å². The van der Waals surface area contributed by atoms with Crippen LogP contribution >= 0.6 is 11.3 Å². The van der Waals surface area contributed by atoms with Gasteiger partial charge in [0.25, 0.3) is 0 Å². The molecular weight excluding hydrogens is 180 g/mol. The Hall–Kier alpha value is -0.410. The van der Waals surface area contributed by atoms with Gasteiger partial charge in [0.15, 0.2) is 0 Å². The number of thiazole rings is 1. The minimum atomic E-state index is 0.729. The zero-order valence-electron chi connectivity index (χ0n) is 7.88. The van der Waals surface area contributed by atoms with E-state index in [2.05, 4.69) is 4.98 Å². The van der Waals surface area contributed by atoms with Gasteiger partial charge in [0.05, 0.1) is 10.7 Å². The topological polar surface area (TPSA) is 38.9 Å². The summed E-state index contributed by atoms with van der Waals surface area (Å²) in [5, 5.41) is 1.24. The molecule has 0 radical (unpaired) electrons. The molecule has 1 aliphatic rings. The van der Waals surface area contributed by atoms with Crippen molar-refractivity contribution in [3.8, 4) is 0 Å². The van der Waals surface area contributed by atoms with E-state index >= 15 is 0 Å². The van der Waals surface area contributed by atoms with E-state index in [1.165, 1.54) is 47.7 Å². The molecule has 2 nitrogen and oxygen atoms in total. The van der Waals surface area contributed by atoms with Crippen molar-refractivity contribution in [2.24, 2.45) is 5.73 Å². The summed E-state index contributed by atoms with van der Waals surface area (Å²) in [6, 6.07) is 0. The number of hydrogen-bond donors (Lipinski definition) is 1. The Morgan fingerprint density at radius 3 is 2.92 bits per heavy atom. The van der Waals surface area contributed by atoms with Gasteiger partial charge in [-0.3, -0.25) is 0 Å². The van der Waals surface area contributed by atoms with E-state index in [0.717, 1.165) is 13.0 Å². The van der Waals surface area contributed by atoms with Gasteiger partial charge in [0, 0.05) is 11.3 Å². The van der Waals surface area contributed by atoms with Crippen molar-refractivity contribution >= 4 is 11.3 Å². The number of rotatable bonds is 2. The monoisotopic (exact) mass is 196 g/mol. The highest BCUT2D eigenvalue weighted by atomic mass is 32.1. The Morgan fingerprint density at radius 2 is 2.08 bits per heavy atom. The number of nitrogens with two attached hydrogens (primary N) is 1. The zero-order valence-corrected chi connectivity index (χ0v) is 8.70. The predicted octanol–water partition coefficient (Wildman–Crippen LogP) is 1.91. The van der Waals surface area contributed by atoms with Crippen LogP contribution in [0, 0.1) is 0 Å². The molecule has 0 aliphatic heterocycles. The molecule has 13 heavy (non-hydrogen) atoms. The molecule has 0 saturated carbocycles. The highest BCUT2D eigenvalue weighted by Gasteiger charge is 2.12. The molecule has 0 fully saturated rings. The van der Waals surface area contributed by atoms with Crippen molar-refractivity contribution in [1.29, 1.82) is 0 Å². The average molecular weight is 196 g/mol. The van der Waals surface area contributed by atoms with Crippen molar-refractivity contribution < 1.29 is 0 Å². The summed E-state index contributed by atoms with van der Waals surface area (Å²) in [6.45, 7) is 0.729. The summed E-state index contributed by atoms with van der Waals surface area (Å²) in [4.78, 5) is 6.17. The molecule has 0 atom stereocenters. The van der Waals surface area contributed by atoms with E-state index in [0.29, 0.717) is 0 Å². The summed E-state index contributed by atoms with van der Waals surface area (Å²) in [6.07, 6.45) is 7.43. The van der Waals surface area contributed by atoms with Crippen LogP contribution < -0.4 is 5.73 Å². The van der Waals surface area contributed by atoms with Crippen LogP contribution in [0.15, 0.2) is 0 Å². The maximum atomic E-state index is 5.52. The molecule has 0 spiro atoms. The van der Waals surface area contributed by atoms with Crippen LogP contribution in [0.25, 0.3) is 0 Å². The molecule has 0 bridgehead atoms. The molecule has 3 heteroatoms. The minimum Gasteiger partial charge on any atom is -0.330 e. The Labute approximate surface area is 83.2 Å². The Bertz CT molecular complexity index is 257. The summed E-state index contributed by atoms with van der Waals surface area (Å²) < 4.78 is 0. The molecule has 1 aromatic rings. The van der Waals surface area contributed by atoms with Crippen molar-refractivity contribution in [2.45, 2.75) is 38.5 Å². The summed E-state index contributed by atoms with van der Waals surface area (Å²) in [7, 11) is 0. The van der Waals surface area contributed by atoms with Crippen LogP contribution in [0.3, 0.4) is 0 Å². The van der Waals surface area contributed by atoms with Crippen molar-refractivity contribution in [3.05, 3.63) is 15.6 Å². The molecular formula is C10H16N2S. The highest BCUT2D eigenvalue weighted by molar-refractivity contribution is 7.11. The van der Waals surface area contributed by atoms with E-state index < -0.39 is 0 Å². The molecule has 1 aliphatic carbocycles. The van der Waals surface area contributed by atoms with E-state index in [9.17, 15) is 0 Å². The number of aromatic nitrogens is 1. The summed E-state index contributed by atoms with van der Waals surface area (Å²) in [5.74, 6) is 0. The second kappa shape index (κ2) is 4.20. The maximum absolute atomic E-state index is 5.52. The van der Waals surface area contributed by atoms with Crippen LogP contribution in [0.4, 0.5) is 0 Å². The molecule has 0 amide bonds. The SMILES string of the molecule is NCCc1nc2c(s1)CCCCC2. The standard InChI is InChI=1S/C10H16N2S/c11-7-6-10-12-8-4-2-1-3-5-9(8)13-10/h1-7,11H2. The van der Waals surface area contributed by atoms with Crippen molar-refractivity contribution in [3.63, 3.8) is 0 Å². The third kappa shape index (κ3) is 2.09. The third-order valence-electron chi connectivity index (χ3n) is 2.50. The Morgan fingerprint density at radius 1 is 1.23 bits per heavy atom. The van der Waals surface area contributed by atoms with Gasteiger partial charge < -0.3 is 5.73 Å². The quantitative estimate of drug-likeness (QED) is 0.734. The first-order valence-corrected chi connectivity index (χ1v) is 5.89. The van der Waals surface area contributed by atoms with Gasteiger partial charge in [-0.15, -0.1) is 11.3 Å². The Balaban J connectivity index is 2.17. The summed E-state index contributed by atoms with van der Waals surface area (Å²) >= 11 is 1.88.